The number of rotatable bonds is 6. The summed E-state index contributed by atoms with van der Waals surface area (Å²) in [5, 5.41) is 3.53. The molecule has 1 aliphatic rings. The summed E-state index contributed by atoms with van der Waals surface area (Å²) < 4.78 is 6.26. The van der Waals surface area contributed by atoms with Gasteiger partial charge in [-0.15, -0.1) is 0 Å². The molecular formula is C21H26NO. The first kappa shape index (κ1) is 16.1. The van der Waals surface area contributed by atoms with Gasteiger partial charge in [-0.25, -0.2) is 0 Å². The third-order valence-electron chi connectivity index (χ3n) is 4.58. The molecule has 1 aliphatic heterocycles. The molecule has 1 heterocycles. The van der Waals surface area contributed by atoms with Crippen LogP contribution in [0.4, 0.5) is 0 Å². The Morgan fingerprint density at radius 2 is 1.91 bits per heavy atom. The first-order valence-corrected chi connectivity index (χ1v) is 8.82. The second kappa shape index (κ2) is 8.16. The monoisotopic (exact) mass is 308 g/mol. The van der Waals surface area contributed by atoms with Gasteiger partial charge in [-0.3, -0.25) is 5.32 Å². The van der Waals surface area contributed by atoms with E-state index in [2.05, 4.69) is 54.7 Å². The summed E-state index contributed by atoms with van der Waals surface area (Å²) in [4.78, 5) is 0. The van der Waals surface area contributed by atoms with Gasteiger partial charge in [0, 0.05) is 5.92 Å². The fraction of sp³-hybridized carbons (Fsp3) is 0.429. The molecule has 121 valence electrons. The lowest BCUT2D eigenvalue weighted by Gasteiger charge is -2.33. The van der Waals surface area contributed by atoms with E-state index in [1.165, 1.54) is 30.4 Å². The van der Waals surface area contributed by atoms with Gasteiger partial charge >= 0.3 is 0 Å². The first-order valence-electron chi connectivity index (χ1n) is 8.82. The van der Waals surface area contributed by atoms with E-state index in [4.69, 9.17) is 4.74 Å². The molecule has 2 atom stereocenters. The largest absolute Gasteiger partial charge is 0.475 e. The summed E-state index contributed by atoms with van der Waals surface area (Å²) in [5.41, 5.74) is 2.73. The van der Waals surface area contributed by atoms with E-state index in [1.54, 1.807) is 0 Å². The molecule has 0 aliphatic carbocycles. The summed E-state index contributed by atoms with van der Waals surface area (Å²) in [7, 11) is 0. The maximum Gasteiger partial charge on any atom is 0.157 e. The molecule has 0 spiro atoms. The van der Waals surface area contributed by atoms with Gasteiger partial charge < -0.3 is 4.74 Å². The Morgan fingerprint density at radius 1 is 1.13 bits per heavy atom. The molecule has 0 saturated carbocycles. The van der Waals surface area contributed by atoms with E-state index in [0.29, 0.717) is 5.92 Å². The van der Waals surface area contributed by atoms with Crippen LogP contribution in [-0.2, 0) is 6.42 Å². The van der Waals surface area contributed by atoms with Crippen molar-refractivity contribution in [1.82, 2.24) is 5.32 Å². The minimum absolute atomic E-state index is 0.0487. The lowest BCUT2D eigenvalue weighted by atomic mass is 9.90. The van der Waals surface area contributed by atoms with Crippen LogP contribution in [0.25, 0.3) is 0 Å². The van der Waals surface area contributed by atoms with Crippen LogP contribution >= 0.6 is 0 Å². The number of benzene rings is 2. The zero-order valence-corrected chi connectivity index (χ0v) is 13.9. The third kappa shape index (κ3) is 4.35. The number of hydrogen-bond donors (Lipinski definition) is 1. The van der Waals surface area contributed by atoms with Crippen molar-refractivity contribution in [3.63, 3.8) is 0 Å². The predicted octanol–water partition coefficient (Wildman–Crippen LogP) is 4.70. The number of unbranched alkanes of at least 4 members (excludes halogenated alkanes) is 1. The maximum absolute atomic E-state index is 6.26. The third-order valence-corrected chi connectivity index (χ3v) is 4.58. The Balaban J connectivity index is 1.67. The number of hydrogen-bond acceptors (Lipinski definition) is 2. The van der Waals surface area contributed by atoms with Crippen LogP contribution in [0.1, 0.15) is 49.7 Å². The van der Waals surface area contributed by atoms with Crippen LogP contribution in [0.3, 0.4) is 0 Å². The number of piperidine rings is 1. The van der Waals surface area contributed by atoms with Crippen LogP contribution in [0, 0.1) is 6.07 Å². The lowest BCUT2D eigenvalue weighted by Crippen LogP contribution is -2.44. The predicted molar refractivity (Wildman–Crippen MR) is 94.7 cm³/mol. The summed E-state index contributed by atoms with van der Waals surface area (Å²) in [6, 6.07) is 20.0. The highest BCUT2D eigenvalue weighted by atomic mass is 16.5. The summed E-state index contributed by atoms with van der Waals surface area (Å²) in [6.07, 6.45) is 6.04. The summed E-state index contributed by atoms with van der Waals surface area (Å²) in [5.74, 6) is 1.36. The van der Waals surface area contributed by atoms with Gasteiger partial charge in [0.2, 0.25) is 0 Å². The Bertz CT molecular complexity index is 579. The van der Waals surface area contributed by atoms with E-state index < -0.39 is 0 Å². The quantitative estimate of drug-likeness (QED) is 0.835. The van der Waals surface area contributed by atoms with Gasteiger partial charge in [0.1, 0.15) is 5.75 Å². The number of nitrogens with one attached hydrogen (secondary N) is 1. The Morgan fingerprint density at radius 3 is 2.65 bits per heavy atom. The molecule has 0 aromatic heterocycles. The van der Waals surface area contributed by atoms with Crippen molar-refractivity contribution >= 4 is 0 Å². The molecule has 2 unspecified atom stereocenters. The van der Waals surface area contributed by atoms with Crippen molar-refractivity contribution in [3.8, 4) is 5.75 Å². The van der Waals surface area contributed by atoms with E-state index >= 15 is 0 Å². The van der Waals surface area contributed by atoms with Gasteiger partial charge in [0.15, 0.2) is 6.23 Å². The van der Waals surface area contributed by atoms with Crippen molar-refractivity contribution in [1.29, 1.82) is 0 Å². The van der Waals surface area contributed by atoms with Gasteiger partial charge in [0.25, 0.3) is 0 Å². The number of ether oxygens (including phenoxy) is 1. The van der Waals surface area contributed by atoms with E-state index in [9.17, 15) is 0 Å². The molecule has 1 N–H and O–H groups in total. The molecule has 1 fully saturated rings. The van der Waals surface area contributed by atoms with Gasteiger partial charge in [-0.2, -0.15) is 0 Å². The molecule has 2 aromatic carbocycles. The normalized spacial score (nSPS) is 21.1. The minimum atomic E-state index is 0.0487. The highest BCUT2D eigenvalue weighted by Crippen LogP contribution is 2.29. The van der Waals surface area contributed by atoms with Crippen molar-refractivity contribution in [2.75, 3.05) is 6.54 Å². The standard InChI is InChI=1S/C21H26NO/c1-2-3-8-17-12-14-19(15-13-17)23-21-20(11-7-16-22-21)18-9-5-4-6-10-18/h5-6,9-10,12-15,20-22H,2-3,7-8,11,16H2,1H3. The van der Waals surface area contributed by atoms with Crippen molar-refractivity contribution in [2.24, 2.45) is 0 Å². The molecular weight excluding hydrogens is 282 g/mol. The maximum atomic E-state index is 6.26. The van der Waals surface area contributed by atoms with Crippen LogP contribution in [-0.4, -0.2) is 12.8 Å². The minimum Gasteiger partial charge on any atom is -0.475 e. The van der Waals surface area contributed by atoms with E-state index in [1.807, 2.05) is 12.1 Å². The highest BCUT2D eigenvalue weighted by Gasteiger charge is 2.27. The number of aryl methyl sites for hydroxylation is 1. The SMILES string of the molecule is CCCCc1ccc(OC2NCCCC2c2cc[c]cc2)cc1. The Hall–Kier alpha value is -1.80. The van der Waals surface area contributed by atoms with Crippen LogP contribution < -0.4 is 10.1 Å². The van der Waals surface area contributed by atoms with Crippen LogP contribution in [0.5, 0.6) is 5.75 Å². The summed E-state index contributed by atoms with van der Waals surface area (Å²) in [6.45, 7) is 3.25. The van der Waals surface area contributed by atoms with Crippen molar-refractivity contribution < 1.29 is 4.74 Å². The molecule has 1 radical (unpaired) electrons. The zero-order valence-electron chi connectivity index (χ0n) is 13.9. The molecule has 3 rings (SSSR count). The van der Waals surface area contributed by atoms with Gasteiger partial charge in [-0.05, 0) is 61.6 Å². The molecule has 0 bridgehead atoms. The topological polar surface area (TPSA) is 21.3 Å². The molecule has 2 heteroatoms. The lowest BCUT2D eigenvalue weighted by molar-refractivity contribution is 0.108. The molecule has 0 amide bonds. The Kier molecular flexibility index (Phi) is 5.71. The van der Waals surface area contributed by atoms with Crippen molar-refractivity contribution in [2.45, 2.75) is 51.2 Å². The second-order valence-corrected chi connectivity index (χ2v) is 6.32. The fourth-order valence-electron chi connectivity index (χ4n) is 3.23. The first-order chi connectivity index (χ1) is 11.4. The smallest absolute Gasteiger partial charge is 0.157 e. The molecule has 2 nitrogen and oxygen atoms in total. The van der Waals surface area contributed by atoms with Crippen molar-refractivity contribution in [3.05, 3.63) is 65.7 Å². The summed E-state index contributed by atoms with van der Waals surface area (Å²) >= 11 is 0. The van der Waals surface area contributed by atoms with Crippen LogP contribution in [0.15, 0.2) is 48.5 Å². The average Bonchev–Trinajstić information content (AvgIpc) is 2.62. The zero-order chi connectivity index (χ0) is 15.9. The second-order valence-electron chi connectivity index (χ2n) is 6.32. The van der Waals surface area contributed by atoms with Crippen LogP contribution in [0.2, 0.25) is 0 Å². The highest BCUT2D eigenvalue weighted by molar-refractivity contribution is 5.28. The average molecular weight is 308 g/mol. The van der Waals surface area contributed by atoms with E-state index in [-0.39, 0.29) is 6.23 Å². The van der Waals surface area contributed by atoms with Gasteiger partial charge in [0.05, 0.1) is 0 Å². The molecule has 2 aromatic rings. The Labute approximate surface area is 139 Å². The van der Waals surface area contributed by atoms with E-state index in [0.717, 1.165) is 25.1 Å². The fourth-order valence-corrected chi connectivity index (χ4v) is 3.23. The van der Waals surface area contributed by atoms with Gasteiger partial charge in [-0.1, -0.05) is 49.7 Å². The molecule has 23 heavy (non-hydrogen) atoms. The molecule has 1 saturated heterocycles.